The standard InChI is InChI=1S/C29H29NO2/c1-21-17-28(31-16-15-26-12-7-9-23(3)30-26)18-22(2)29(21)25-11-8-10-24(19-25)20-32-27-13-5-4-6-14-27/h4-14,17-19H,15-16,20H2,1-3H3. The number of aromatic nitrogens is 1. The molecule has 0 aliphatic rings. The molecule has 0 radical (unpaired) electrons. The summed E-state index contributed by atoms with van der Waals surface area (Å²) < 4.78 is 12.0. The summed E-state index contributed by atoms with van der Waals surface area (Å²) >= 11 is 0. The number of pyridine rings is 1. The largest absolute Gasteiger partial charge is 0.493 e. The number of para-hydroxylation sites is 1. The molecule has 1 heterocycles. The number of hydrogen-bond acceptors (Lipinski definition) is 3. The topological polar surface area (TPSA) is 31.4 Å². The van der Waals surface area contributed by atoms with Crippen LogP contribution in [-0.2, 0) is 13.0 Å². The summed E-state index contributed by atoms with van der Waals surface area (Å²) in [4.78, 5) is 4.55. The molecule has 0 spiro atoms. The van der Waals surface area contributed by atoms with E-state index >= 15 is 0 Å². The molecule has 4 aromatic rings. The highest BCUT2D eigenvalue weighted by Gasteiger charge is 2.10. The molecule has 0 saturated heterocycles. The van der Waals surface area contributed by atoms with Crippen LogP contribution in [0, 0.1) is 20.8 Å². The van der Waals surface area contributed by atoms with Crippen LogP contribution >= 0.6 is 0 Å². The lowest BCUT2D eigenvalue weighted by Gasteiger charge is -2.15. The van der Waals surface area contributed by atoms with E-state index in [1.165, 1.54) is 22.3 Å². The van der Waals surface area contributed by atoms with E-state index < -0.39 is 0 Å². The second-order valence-corrected chi connectivity index (χ2v) is 8.10. The monoisotopic (exact) mass is 423 g/mol. The molecule has 0 saturated carbocycles. The fraction of sp³-hybridized carbons (Fsp3) is 0.207. The minimum Gasteiger partial charge on any atom is -0.493 e. The molecule has 32 heavy (non-hydrogen) atoms. The fourth-order valence-corrected chi connectivity index (χ4v) is 3.97. The molecule has 3 aromatic carbocycles. The van der Waals surface area contributed by atoms with Crippen LogP contribution in [0.1, 0.15) is 28.1 Å². The predicted molar refractivity (Wildman–Crippen MR) is 130 cm³/mol. The van der Waals surface area contributed by atoms with Gasteiger partial charge in [0, 0.05) is 17.8 Å². The highest BCUT2D eigenvalue weighted by atomic mass is 16.5. The second kappa shape index (κ2) is 10.1. The van der Waals surface area contributed by atoms with Crippen molar-refractivity contribution < 1.29 is 9.47 Å². The van der Waals surface area contributed by atoms with Gasteiger partial charge in [0.05, 0.1) is 6.61 Å². The Balaban J connectivity index is 1.44. The molecule has 1 aromatic heterocycles. The summed E-state index contributed by atoms with van der Waals surface area (Å²) in [5.74, 6) is 1.78. The van der Waals surface area contributed by atoms with Gasteiger partial charge in [0.1, 0.15) is 18.1 Å². The third kappa shape index (κ3) is 5.55. The maximum atomic E-state index is 6.05. The molecule has 3 nitrogen and oxygen atoms in total. The van der Waals surface area contributed by atoms with Gasteiger partial charge in [0.15, 0.2) is 0 Å². The Hall–Kier alpha value is -3.59. The lowest BCUT2D eigenvalue weighted by molar-refractivity contribution is 0.306. The van der Waals surface area contributed by atoms with E-state index in [1.807, 2.05) is 55.5 Å². The zero-order valence-electron chi connectivity index (χ0n) is 19.0. The zero-order valence-corrected chi connectivity index (χ0v) is 19.0. The number of nitrogens with zero attached hydrogens (tertiary/aromatic N) is 1. The van der Waals surface area contributed by atoms with Crippen LogP contribution in [-0.4, -0.2) is 11.6 Å². The minimum atomic E-state index is 0.546. The van der Waals surface area contributed by atoms with Gasteiger partial charge in [0.25, 0.3) is 0 Å². The summed E-state index contributed by atoms with van der Waals surface area (Å²) in [6, 6.07) is 28.8. The average Bonchev–Trinajstić information content (AvgIpc) is 2.78. The SMILES string of the molecule is Cc1cccc(CCOc2cc(C)c(-c3cccc(COc4ccccc4)c3)c(C)c2)n1. The van der Waals surface area contributed by atoms with Gasteiger partial charge < -0.3 is 9.47 Å². The zero-order chi connectivity index (χ0) is 22.3. The summed E-state index contributed by atoms with van der Waals surface area (Å²) in [5, 5.41) is 0. The Morgan fingerprint density at radius 2 is 1.44 bits per heavy atom. The van der Waals surface area contributed by atoms with E-state index in [2.05, 4.69) is 55.2 Å². The first-order valence-corrected chi connectivity index (χ1v) is 11.0. The number of hydrogen-bond donors (Lipinski definition) is 0. The van der Waals surface area contributed by atoms with E-state index in [-0.39, 0.29) is 0 Å². The predicted octanol–water partition coefficient (Wildman–Crippen LogP) is 6.87. The van der Waals surface area contributed by atoms with Gasteiger partial charge in [-0.1, -0.05) is 42.5 Å². The van der Waals surface area contributed by atoms with Crippen LogP contribution in [0.2, 0.25) is 0 Å². The maximum Gasteiger partial charge on any atom is 0.119 e. The lowest BCUT2D eigenvalue weighted by Crippen LogP contribution is -2.04. The molecule has 0 fully saturated rings. The van der Waals surface area contributed by atoms with Gasteiger partial charge in [-0.2, -0.15) is 0 Å². The normalized spacial score (nSPS) is 10.7. The van der Waals surface area contributed by atoms with Gasteiger partial charge in [0.2, 0.25) is 0 Å². The lowest BCUT2D eigenvalue weighted by atomic mass is 9.94. The van der Waals surface area contributed by atoms with Crippen LogP contribution in [0.25, 0.3) is 11.1 Å². The summed E-state index contributed by atoms with van der Waals surface area (Å²) in [5.41, 5.74) is 8.10. The van der Waals surface area contributed by atoms with Gasteiger partial charge in [-0.15, -0.1) is 0 Å². The molecule has 0 aliphatic heterocycles. The highest BCUT2D eigenvalue weighted by molar-refractivity contribution is 5.72. The highest BCUT2D eigenvalue weighted by Crippen LogP contribution is 2.31. The molecule has 4 rings (SSSR count). The molecule has 0 unspecified atom stereocenters. The first-order valence-electron chi connectivity index (χ1n) is 11.0. The van der Waals surface area contributed by atoms with Crippen LogP contribution in [0.5, 0.6) is 11.5 Å². The average molecular weight is 424 g/mol. The molecule has 162 valence electrons. The van der Waals surface area contributed by atoms with E-state index in [4.69, 9.17) is 9.47 Å². The quantitative estimate of drug-likeness (QED) is 0.310. The third-order valence-corrected chi connectivity index (χ3v) is 5.44. The Morgan fingerprint density at radius 3 is 2.19 bits per heavy atom. The fourth-order valence-electron chi connectivity index (χ4n) is 3.97. The smallest absolute Gasteiger partial charge is 0.119 e. The van der Waals surface area contributed by atoms with E-state index in [0.717, 1.165) is 34.9 Å². The van der Waals surface area contributed by atoms with Crippen molar-refractivity contribution in [3.8, 4) is 22.6 Å². The van der Waals surface area contributed by atoms with Crippen molar-refractivity contribution in [2.45, 2.75) is 33.8 Å². The third-order valence-electron chi connectivity index (χ3n) is 5.44. The van der Waals surface area contributed by atoms with Crippen LogP contribution in [0.15, 0.2) is 84.9 Å². The molecular weight excluding hydrogens is 394 g/mol. The summed E-state index contributed by atoms with van der Waals surface area (Å²) in [6.45, 7) is 7.46. The van der Waals surface area contributed by atoms with Gasteiger partial charge in [-0.05, 0) is 91.1 Å². The molecule has 0 bridgehead atoms. The van der Waals surface area contributed by atoms with Crippen LogP contribution in [0.4, 0.5) is 0 Å². The van der Waals surface area contributed by atoms with Crippen LogP contribution in [0.3, 0.4) is 0 Å². The first kappa shape index (κ1) is 21.6. The Morgan fingerprint density at radius 1 is 0.688 bits per heavy atom. The minimum absolute atomic E-state index is 0.546. The molecule has 3 heteroatoms. The van der Waals surface area contributed by atoms with Crippen molar-refractivity contribution >= 4 is 0 Å². The van der Waals surface area contributed by atoms with Crippen molar-refractivity contribution in [2.75, 3.05) is 6.61 Å². The van der Waals surface area contributed by atoms with Crippen molar-refractivity contribution in [1.29, 1.82) is 0 Å². The first-order chi connectivity index (χ1) is 15.6. The van der Waals surface area contributed by atoms with Crippen molar-refractivity contribution in [2.24, 2.45) is 0 Å². The van der Waals surface area contributed by atoms with Crippen LogP contribution < -0.4 is 9.47 Å². The molecule has 0 amide bonds. The molecule has 0 aliphatic carbocycles. The van der Waals surface area contributed by atoms with Gasteiger partial charge >= 0.3 is 0 Å². The number of aryl methyl sites for hydroxylation is 3. The number of rotatable bonds is 8. The summed E-state index contributed by atoms with van der Waals surface area (Å²) in [6.07, 6.45) is 0.797. The Labute approximate surface area is 190 Å². The van der Waals surface area contributed by atoms with E-state index in [9.17, 15) is 0 Å². The van der Waals surface area contributed by atoms with Gasteiger partial charge in [-0.3, -0.25) is 4.98 Å². The van der Waals surface area contributed by atoms with E-state index in [1.54, 1.807) is 0 Å². The second-order valence-electron chi connectivity index (χ2n) is 8.10. The summed E-state index contributed by atoms with van der Waals surface area (Å²) in [7, 11) is 0. The number of benzene rings is 3. The van der Waals surface area contributed by atoms with Gasteiger partial charge in [-0.25, -0.2) is 0 Å². The van der Waals surface area contributed by atoms with E-state index in [0.29, 0.717) is 13.2 Å². The molecule has 0 N–H and O–H groups in total. The molecular formula is C29H29NO2. The Bertz CT molecular complexity index is 1160. The van der Waals surface area contributed by atoms with Crippen molar-refractivity contribution in [3.63, 3.8) is 0 Å². The Kier molecular flexibility index (Phi) is 6.86. The maximum absolute atomic E-state index is 6.05. The number of ether oxygens (including phenoxy) is 2. The molecule has 0 atom stereocenters. The van der Waals surface area contributed by atoms with Crippen molar-refractivity contribution in [3.05, 3.63) is 113 Å². The van der Waals surface area contributed by atoms with Crippen molar-refractivity contribution in [1.82, 2.24) is 4.98 Å².